The Labute approximate surface area is 101 Å². The number of nitrogens with zero attached hydrogens (tertiary/aromatic N) is 1. The molecule has 8 heteroatoms. The summed E-state index contributed by atoms with van der Waals surface area (Å²) >= 11 is 0. The Kier molecular flexibility index (Phi) is 4.75. The van der Waals surface area contributed by atoms with Crippen LogP contribution in [0.4, 0.5) is 8.78 Å². The number of carbonyl (C=O) groups excluding carboxylic acids is 2. The fourth-order valence-electron chi connectivity index (χ4n) is 1.28. The number of alkyl halides is 2. The van der Waals surface area contributed by atoms with Gasteiger partial charge in [-0.05, 0) is 13.8 Å². The van der Waals surface area contributed by atoms with Crippen LogP contribution in [0.3, 0.4) is 0 Å². The molecule has 0 bridgehead atoms. The van der Waals surface area contributed by atoms with Crippen molar-refractivity contribution in [2.75, 3.05) is 13.2 Å². The highest BCUT2D eigenvalue weighted by Crippen LogP contribution is 2.26. The fraction of sp³-hybridized carbons (Fsp3) is 0.500. The first-order chi connectivity index (χ1) is 8.52. The van der Waals surface area contributed by atoms with Gasteiger partial charge in [-0.3, -0.25) is 5.10 Å². The largest absolute Gasteiger partial charge is 0.461 e. The first kappa shape index (κ1) is 14.1. The second-order valence-corrected chi connectivity index (χ2v) is 3.10. The molecule has 0 aliphatic rings. The number of esters is 2. The number of halogens is 2. The van der Waals surface area contributed by atoms with E-state index in [-0.39, 0.29) is 13.2 Å². The molecule has 1 aromatic heterocycles. The zero-order valence-electron chi connectivity index (χ0n) is 9.83. The lowest BCUT2D eigenvalue weighted by Gasteiger charge is -2.04. The van der Waals surface area contributed by atoms with E-state index in [1.54, 1.807) is 0 Å². The van der Waals surface area contributed by atoms with E-state index in [1.807, 2.05) is 0 Å². The standard InChI is InChI=1S/C10H12F2N2O4/c1-3-17-9(15)6-5(8(11)12)7(14-13-6)10(16)18-4-2/h8H,3-4H2,1-2H3,(H,13,14). The summed E-state index contributed by atoms with van der Waals surface area (Å²) < 4.78 is 34.8. The van der Waals surface area contributed by atoms with Gasteiger partial charge in [0.15, 0.2) is 11.4 Å². The maximum atomic E-state index is 12.8. The molecule has 1 rings (SSSR count). The summed E-state index contributed by atoms with van der Waals surface area (Å²) in [6, 6.07) is 0. The van der Waals surface area contributed by atoms with Gasteiger partial charge in [0.1, 0.15) is 0 Å². The number of rotatable bonds is 5. The first-order valence-electron chi connectivity index (χ1n) is 5.23. The van der Waals surface area contributed by atoms with Crippen molar-refractivity contribution < 1.29 is 27.8 Å². The van der Waals surface area contributed by atoms with Gasteiger partial charge in [-0.1, -0.05) is 0 Å². The molecular formula is C10H12F2N2O4. The number of hydrogen-bond donors (Lipinski definition) is 1. The molecule has 0 amide bonds. The van der Waals surface area contributed by atoms with Gasteiger partial charge in [0, 0.05) is 0 Å². The van der Waals surface area contributed by atoms with E-state index in [1.165, 1.54) is 13.8 Å². The van der Waals surface area contributed by atoms with Gasteiger partial charge in [-0.25, -0.2) is 18.4 Å². The molecule has 0 saturated heterocycles. The number of hydrogen-bond acceptors (Lipinski definition) is 5. The molecule has 0 saturated carbocycles. The van der Waals surface area contributed by atoms with E-state index >= 15 is 0 Å². The zero-order chi connectivity index (χ0) is 13.7. The molecule has 0 spiro atoms. The number of ether oxygens (including phenoxy) is 2. The second-order valence-electron chi connectivity index (χ2n) is 3.10. The molecule has 0 aliphatic carbocycles. The molecule has 0 aliphatic heterocycles. The first-order valence-corrected chi connectivity index (χ1v) is 5.23. The van der Waals surface area contributed by atoms with Gasteiger partial charge in [-0.15, -0.1) is 0 Å². The van der Waals surface area contributed by atoms with Crippen molar-refractivity contribution >= 4 is 11.9 Å². The molecule has 1 heterocycles. The van der Waals surface area contributed by atoms with Gasteiger partial charge >= 0.3 is 11.9 Å². The van der Waals surface area contributed by atoms with Crippen LogP contribution in [0, 0.1) is 0 Å². The molecule has 1 N–H and O–H groups in total. The lowest BCUT2D eigenvalue weighted by molar-refractivity contribution is 0.0504. The molecule has 0 aromatic carbocycles. The summed E-state index contributed by atoms with van der Waals surface area (Å²) in [6.07, 6.45) is -3.04. The van der Waals surface area contributed by atoms with E-state index in [9.17, 15) is 18.4 Å². The Bertz CT molecular complexity index is 410. The Balaban J connectivity index is 3.14. The molecule has 0 radical (unpaired) electrons. The lowest BCUT2D eigenvalue weighted by Crippen LogP contribution is -2.11. The minimum atomic E-state index is -3.04. The number of aromatic nitrogens is 2. The van der Waals surface area contributed by atoms with Crippen molar-refractivity contribution in [3.63, 3.8) is 0 Å². The van der Waals surface area contributed by atoms with Crippen molar-refractivity contribution in [1.29, 1.82) is 0 Å². The van der Waals surface area contributed by atoms with Crippen molar-refractivity contribution in [3.05, 3.63) is 17.0 Å². The maximum Gasteiger partial charge on any atom is 0.359 e. The van der Waals surface area contributed by atoms with Crippen LogP contribution in [-0.4, -0.2) is 35.3 Å². The predicted molar refractivity (Wildman–Crippen MR) is 55.5 cm³/mol. The highest BCUT2D eigenvalue weighted by molar-refractivity contribution is 5.95. The smallest absolute Gasteiger partial charge is 0.359 e. The summed E-state index contributed by atoms with van der Waals surface area (Å²) in [6.45, 7) is 3.10. The molecular weight excluding hydrogens is 250 g/mol. The highest BCUT2D eigenvalue weighted by Gasteiger charge is 2.30. The van der Waals surface area contributed by atoms with E-state index in [0.29, 0.717) is 0 Å². The SMILES string of the molecule is CCOC(=O)c1n[nH]c(C(=O)OCC)c1C(F)F. The van der Waals surface area contributed by atoms with Crippen LogP contribution in [0.25, 0.3) is 0 Å². The molecule has 100 valence electrons. The zero-order valence-corrected chi connectivity index (χ0v) is 9.83. The Morgan fingerprint density at radius 1 is 1.22 bits per heavy atom. The Hall–Kier alpha value is -1.99. The fourth-order valence-corrected chi connectivity index (χ4v) is 1.28. The maximum absolute atomic E-state index is 12.8. The van der Waals surface area contributed by atoms with Crippen LogP contribution in [0.5, 0.6) is 0 Å². The van der Waals surface area contributed by atoms with Crippen molar-refractivity contribution in [2.45, 2.75) is 20.3 Å². The van der Waals surface area contributed by atoms with Crippen LogP contribution in [-0.2, 0) is 9.47 Å². The minimum Gasteiger partial charge on any atom is -0.461 e. The summed E-state index contributed by atoms with van der Waals surface area (Å²) in [5.74, 6) is -2.00. The summed E-state index contributed by atoms with van der Waals surface area (Å²) in [4.78, 5) is 22.8. The average molecular weight is 262 g/mol. The number of H-pyrrole nitrogens is 1. The number of aromatic amines is 1. The topological polar surface area (TPSA) is 81.3 Å². The lowest BCUT2D eigenvalue weighted by atomic mass is 10.2. The van der Waals surface area contributed by atoms with Gasteiger partial charge in [0.05, 0.1) is 18.8 Å². The van der Waals surface area contributed by atoms with Crippen LogP contribution in [0.2, 0.25) is 0 Å². The van der Waals surface area contributed by atoms with Gasteiger partial charge in [-0.2, -0.15) is 5.10 Å². The van der Waals surface area contributed by atoms with Crippen molar-refractivity contribution in [1.82, 2.24) is 10.2 Å². The molecule has 18 heavy (non-hydrogen) atoms. The molecule has 1 aromatic rings. The number of nitrogens with one attached hydrogen (secondary N) is 1. The molecule has 0 unspecified atom stereocenters. The third-order valence-corrected chi connectivity index (χ3v) is 1.97. The van der Waals surface area contributed by atoms with Crippen LogP contribution in [0.15, 0.2) is 0 Å². The molecule has 0 fully saturated rings. The summed E-state index contributed by atoms with van der Waals surface area (Å²) in [5.41, 5.74) is -1.93. The van der Waals surface area contributed by atoms with E-state index < -0.39 is 35.3 Å². The highest BCUT2D eigenvalue weighted by atomic mass is 19.3. The normalized spacial score (nSPS) is 10.5. The van der Waals surface area contributed by atoms with Crippen LogP contribution >= 0.6 is 0 Å². The Morgan fingerprint density at radius 2 is 1.78 bits per heavy atom. The monoisotopic (exact) mass is 262 g/mol. The second kappa shape index (κ2) is 6.08. The molecule has 0 atom stereocenters. The van der Waals surface area contributed by atoms with E-state index in [2.05, 4.69) is 19.7 Å². The summed E-state index contributed by atoms with van der Waals surface area (Å²) in [5, 5.41) is 5.45. The quantitative estimate of drug-likeness (QED) is 0.817. The van der Waals surface area contributed by atoms with Gasteiger partial charge in [0.25, 0.3) is 6.43 Å². The molecule has 6 nitrogen and oxygen atoms in total. The van der Waals surface area contributed by atoms with Crippen molar-refractivity contribution in [2.24, 2.45) is 0 Å². The predicted octanol–water partition coefficient (Wildman–Crippen LogP) is 1.70. The van der Waals surface area contributed by atoms with E-state index in [0.717, 1.165) is 0 Å². The van der Waals surface area contributed by atoms with Gasteiger partial charge in [0.2, 0.25) is 0 Å². The minimum absolute atomic E-state index is 0.0170. The van der Waals surface area contributed by atoms with Crippen LogP contribution < -0.4 is 0 Å². The summed E-state index contributed by atoms with van der Waals surface area (Å²) in [7, 11) is 0. The third kappa shape index (κ3) is 2.82. The Morgan fingerprint density at radius 3 is 2.28 bits per heavy atom. The van der Waals surface area contributed by atoms with Crippen LogP contribution in [0.1, 0.15) is 46.8 Å². The average Bonchev–Trinajstić information content (AvgIpc) is 2.74. The van der Waals surface area contributed by atoms with E-state index in [4.69, 9.17) is 0 Å². The number of carbonyl (C=O) groups is 2. The van der Waals surface area contributed by atoms with Gasteiger partial charge < -0.3 is 9.47 Å². The third-order valence-electron chi connectivity index (χ3n) is 1.97. The van der Waals surface area contributed by atoms with Crippen molar-refractivity contribution in [3.8, 4) is 0 Å².